The smallest absolute Gasteiger partial charge is 0.244 e. The summed E-state index contributed by atoms with van der Waals surface area (Å²) in [5.41, 5.74) is 8.63. The lowest BCUT2D eigenvalue weighted by atomic mass is 9.83. The molecule has 1 atom stereocenters. The number of benzene rings is 1. The number of nitrogens with zero attached hydrogens (tertiary/aromatic N) is 2. The molecular formula is C15H12Br2N4O2. The Morgan fingerprint density at radius 1 is 1.43 bits per heavy atom. The van der Waals surface area contributed by atoms with Gasteiger partial charge in [-0.1, -0.05) is 15.9 Å². The fraction of sp³-hybridized carbons (Fsp3) is 0.200. The summed E-state index contributed by atoms with van der Waals surface area (Å²) in [5.74, 6) is 0.634. The van der Waals surface area contributed by atoms with Crippen LogP contribution < -0.4 is 15.2 Å². The van der Waals surface area contributed by atoms with Gasteiger partial charge in [-0.3, -0.25) is 5.10 Å². The Morgan fingerprint density at radius 3 is 2.83 bits per heavy atom. The number of hydrogen-bond acceptors (Lipinski definition) is 5. The fourth-order valence-corrected chi connectivity index (χ4v) is 4.14. The molecule has 2 aromatic rings. The lowest BCUT2D eigenvalue weighted by molar-refractivity contribution is 0.374. The molecule has 0 aliphatic carbocycles. The van der Waals surface area contributed by atoms with Gasteiger partial charge in [-0.15, -0.1) is 5.10 Å². The predicted molar refractivity (Wildman–Crippen MR) is 91.0 cm³/mol. The van der Waals surface area contributed by atoms with Crippen LogP contribution in [0.15, 0.2) is 32.5 Å². The Bertz CT molecular complexity index is 867. The average Bonchev–Trinajstić information content (AvgIpc) is 2.86. The van der Waals surface area contributed by atoms with Gasteiger partial charge in [0.05, 0.1) is 17.5 Å². The number of hydrogen-bond donors (Lipinski definition) is 2. The van der Waals surface area contributed by atoms with Crippen LogP contribution in [0, 0.1) is 18.3 Å². The van der Waals surface area contributed by atoms with Crippen LogP contribution in [0.25, 0.3) is 0 Å². The number of rotatable bonds is 2. The van der Waals surface area contributed by atoms with Gasteiger partial charge in [0.2, 0.25) is 11.8 Å². The second-order valence-electron chi connectivity index (χ2n) is 5.00. The number of nitrogens with one attached hydrogen (secondary N) is 1. The zero-order valence-corrected chi connectivity index (χ0v) is 15.4. The summed E-state index contributed by atoms with van der Waals surface area (Å²) in [6.45, 7) is 1.87. The van der Waals surface area contributed by atoms with E-state index < -0.39 is 5.92 Å². The standard InChI is InChI=1S/C15H12Br2N4O2/c1-6-11-12(8-3-7(16)4-10(17)13(8)22-2)9(5-18)14(19)23-15(11)21-20-6/h3-4,12H,19H2,1-2H3,(H,20,21)/t12-/m0/s1. The van der Waals surface area contributed by atoms with Crippen molar-refractivity contribution in [1.82, 2.24) is 10.2 Å². The molecule has 1 aliphatic heterocycles. The molecule has 1 aromatic heterocycles. The van der Waals surface area contributed by atoms with Crippen LogP contribution in [0.5, 0.6) is 11.6 Å². The topological polar surface area (TPSA) is 96.9 Å². The molecule has 0 unspecified atom stereocenters. The van der Waals surface area contributed by atoms with E-state index in [1.54, 1.807) is 7.11 Å². The summed E-state index contributed by atoms with van der Waals surface area (Å²) in [4.78, 5) is 0. The Hall–Kier alpha value is -1.98. The lowest BCUT2D eigenvalue weighted by Gasteiger charge is -2.25. The van der Waals surface area contributed by atoms with E-state index >= 15 is 0 Å². The molecule has 1 aliphatic rings. The van der Waals surface area contributed by atoms with E-state index in [1.807, 2.05) is 19.1 Å². The zero-order chi connectivity index (χ0) is 16.7. The first-order chi connectivity index (χ1) is 11.0. The van der Waals surface area contributed by atoms with Crippen LogP contribution >= 0.6 is 31.9 Å². The number of nitriles is 1. The van der Waals surface area contributed by atoms with Crippen LogP contribution in [0.2, 0.25) is 0 Å². The van der Waals surface area contributed by atoms with Crippen LogP contribution in [0.4, 0.5) is 0 Å². The normalized spacial score (nSPS) is 16.6. The number of H-pyrrole nitrogens is 1. The van der Waals surface area contributed by atoms with Crippen LogP contribution in [0.3, 0.4) is 0 Å². The van der Waals surface area contributed by atoms with E-state index in [4.69, 9.17) is 15.2 Å². The molecule has 23 heavy (non-hydrogen) atoms. The molecule has 0 bridgehead atoms. The van der Waals surface area contributed by atoms with Gasteiger partial charge >= 0.3 is 0 Å². The van der Waals surface area contributed by atoms with Gasteiger partial charge in [-0.2, -0.15) is 5.26 Å². The number of halogens is 2. The molecule has 0 radical (unpaired) electrons. The average molecular weight is 440 g/mol. The number of ether oxygens (including phenoxy) is 2. The van der Waals surface area contributed by atoms with Crippen LogP contribution in [-0.4, -0.2) is 17.3 Å². The van der Waals surface area contributed by atoms with Crippen molar-refractivity contribution in [2.45, 2.75) is 12.8 Å². The molecule has 0 fully saturated rings. The molecule has 0 spiro atoms. The minimum atomic E-state index is -0.425. The highest BCUT2D eigenvalue weighted by molar-refractivity contribution is 9.11. The van der Waals surface area contributed by atoms with Crippen molar-refractivity contribution < 1.29 is 9.47 Å². The quantitative estimate of drug-likeness (QED) is 0.746. The van der Waals surface area contributed by atoms with Gasteiger partial charge in [-0.25, -0.2) is 0 Å². The summed E-state index contributed by atoms with van der Waals surface area (Å²) in [6.07, 6.45) is 0. The number of allylic oxidation sites excluding steroid dienone is 1. The molecule has 0 saturated carbocycles. The molecule has 2 heterocycles. The predicted octanol–water partition coefficient (Wildman–Crippen LogP) is 3.47. The van der Waals surface area contributed by atoms with Crippen molar-refractivity contribution in [3.8, 4) is 17.7 Å². The highest BCUT2D eigenvalue weighted by atomic mass is 79.9. The molecule has 8 heteroatoms. The molecule has 1 aromatic carbocycles. The Labute approximate surface area is 149 Å². The van der Waals surface area contributed by atoms with Crippen molar-refractivity contribution in [3.05, 3.63) is 49.4 Å². The van der Waals surface area contributed by atoms with Crippen molar-refractivity contribution in [3.63, 3.8) is 0 Å². The maximum Gasteiger partial charge on any atom is 0.244 e. The van der Waals surface area contributed by atoms with Gasteiger partial charge in [-0.05, 0) is 35.0 Å². The molecular weight excluding hydrogens is 428 g/mol. The maximum atomic E-state index is 9.59. The number of fused-ring (bicyclic) bond motifs is 1. The second kappa shape index (κ2) is 5.91. The number of nitrogens with two attached hydrogens (primary N) is 1. The Kier molecular flexibility index (Phi) is 4.08. The van der Waals surface area contributed by atoms with Crippen LogP contribution in [0.1, 0.15) is 22.7 Å². The number of aryl methyl sites for hydroxylation is 1. The van der Waals surface area contributed by atoms with Crippen molar-refractivity contribution in [2.24, 2.45) is 5.73 Å². The third-order valence-corrected chi connectivity index (χ3v) is 4.73. The summed E-state index contributed by atoms with van der Waals surface area (Å²) < 4.78 is 12.6. The largest absolute Gasteiger partial charge is 0.495 e. The van der Waals surface area contributed by atoms with E-state index in [1.165, 1.54) is 0 Å². The van der Waals surface area contributed by atoms with Crippen molar-refractivity contribution >= 4 is 31.9 Å². The van der Waals surface area contributed by atoms with Crippen molar-refractivity contribution in [1.29, 1.82) is 5.26 Å². The van der Waals surface area contributed by atoms with E-state index in [9.17, 15) is 5.26 Å². The SMILES string of the molecule is COc1c(Br)cc(Br)cc1[C@H]1C(C#N)=C(N)Oc2n[nH]c(C)c21. The Balaban J connectivity index is 2.34. The van der Waals surface area contributed by atoms with Gasteiger partial charge in [0, 0.05) is 21.3 Å². The molecule has 0 amide bonds. The summed E-state index contributed by atoms with van der Waals surface area (Å²) in [7, 11) is 1.58. The third kappa shape index (κ3) is 2.50. The zero-order valence-electron chi connectivity index (χ0n) is 12.3. The van der Waals surface area contributed by atoms with Gasteiger partial charge < -0.3 is 15.2 Å². The lowest BCUT2D eigenvalue weighted by Crippen LogP contribution is -2.21. The number of methoxy groups -OCH3 is 1. The maximum absolute atomic E-state index is 9.59. The molecule has 3 N–H and O–H groups in total. The van der Waals surface area contributed by atoms with E-state index in [2.05, 4.69) is 48.1 Å². The highest BCUT2D eigenvalue weighted by Gasteiger charge is 2.36. The molecule has 3 rings (SSSR count). The van der Waals surface area contributed by atoms with Gasteiger partial charge in [0.15, 0.2) is 0 Å². The van der Waals surface area contributed by atoms with Crippen LogP contribution in [-0.2, 0) is 0 Å². The number of aromatic amines is 1. The summed E-state index contributed by atoms with van der Waals surface area (Å²) >= 11 is 6.97. The first-order valence-electron chi connectivity index (χ1n) is 6.63. The van der Waals surface area contributed by atoms with Crippen molar-refractivity contribution in [2.75, 3.05) is 7.11 Å². The second-order valence-corrected chi connectivity index (χ2v) is 6.77. The molecule has 0 saturated heterocycles. The third-order valence-electron chi connectivity index (χ3n) is 3.68. The first kappa shape index (κ1) is 15.9. The Morgan fingerprint density at radius 2 is 2.17 bits per heavy atom. The minimum absolute atomic E-state index is 0.0506. The van der Waals surface area contributed by atoms with E-state index in [0.717, 1.165) is 25.8 Å². The van der Waals surface area contributed by atoms with E-state index in [-0.39, 0.29) is 5.88 Å². The highest BCUT2D eigenvalue weighted by Crippen LogP contribution is 2.47. The van der Waals surface area contributed by atoms with Gasteiger partial charge in [0.25, 0.3) is 0 Å². The minimum Gasteiger partial charge on any atom is -0.495 e. The summed E-state index contributed by atoms with van der Waals surface area (Å²) in [6, 6.07) is 5.93. The monoisotopic (exact) mass is 438 g/mol. The first-order valence-corrected chi connectivity index (χ1v) is 8.21. The number of aromatic nitrogens is 2. The molecule has 118 valence electrons. The molecule has 6 nitrogen and oxygen atoms in total. The fourth-order valence-electron chi connectivity index (χ4n) is 2.72. The van der Waals surface area contributed by atoms with E-state index in [0.29, 0.717) is 17.2 Å². The van der Waals surface area contributed by atoms with Gasteiger partial charge in [0.1, 0.15) is 17.4 Å². The summed E-state index contributed by atoms with van der Waals surface area (Å²) in [5, 5.41) is 16.6.